The Morgan fingerprint density at radius 1 is 1.27 bits per heavy atom. The Kier molecular flexibility index (Phi) is 2.92. The van der Waals surface area contributed by atoms with Crippen LogP contribution in [0.25, 0.3) is 5.82 Å². The first-order chi connectivity index (χ1) is 10.5. The van der Waals surface area contributed by atoms with Crippen molar-refractivity contribution in [2.75, 3.05) is 0 Å². The van der Waals surface area contributed by atoms with Crippen molar-refractivity contribution in [3.05, 3.63) is 34.2 Å². The van der Waals surface area contributed by atoms with Crippen molar-refractivity contribution in [1.29, 1.82) is 0 Å². The predicted molar refractivity (Wildman–Crippen MR) is 82.6 cm³/mol. The molecule has 0 unspecified atom stereocenters. The Morgan fingerprint density at radius 3 is 2.68 bits per heavy atom. The highest BCUT2D eigenvalue weighted by Gasteiger charge is 2.42. The largest absolute Gasteiger partial charge is 0.293 e. The van der Waals surface area contributed by atoms with E-state index in [1.165, 1.54) is 0 Å². The third-order valence-electron chi connectivity index (χ3n) is 4.64. The summed E-state index contributed by atoms with van der Waals surface area (Å²) in [6.07, 6.45) is 3.89. The second kappa shape index (κ2) is 4.62. The Labute approximate surface area is 133 Å². The zero-order chi connectivity index (χ0) is 15.5. The lowest BCUT2D eigenvalue weighted by Crippen LogP contribution is -2.31. The van der Waals surface area contributed by atoms with Crippen LogP contribution in [0.3, 0.4) is 0 Å². The summed E-state index contributed by atoms with van der Waals surface area (Å²) in [5.74, 6) is 1.26. The predicted octanol–water partition coefficient (Wildman–Crippen LogP) is 3.35. The average molecular weight is 317 g/mol. The Bertz CT molecular complexity index is 759. The van der Waals surface area contributed by atoms with Crippen LogP contribution in [0.4, 0.5) is 0 Å². The van der Waals surface area contributed by atoms with Crippen molar-refractivity contribution in [1.82, 2.24) is 20.0 Å². The van der Waals surface area contributed by atoms with E-state index >= 15 is 0 Å². The molecule has 2 aromatic heterocycles. The van der Waals surface area contributed by atoms with Gasteiger partial charge in [-0.05, 0) is 37.8 Å². The lowest BCUT2D eigenvalue weighted by Gasteiger charge is -2.28. The highest BCUT2D eigenvalue weighted by atomic mass is 35.5. The van der Waals surface area contributed by atoms with E-state index in [4.69, 9.17) is 16.7 Å². The molecule has 6 heteroatoms. The van der Waals surface area contributed by atoms with Crippen molar-refractivity contribution >= 4 is 17.4 Å². The molecule has 0 saturated heterocycles. The fourth-order valence-corrected chi connectivity index (χ4v) is 3.19. The van der Waals surface area contributed by atoms with Gasteiger partial charge in [-0.15, -0.1) is 10.2 Å². The zero-order valence-corrected chi connectivity index (χ0v) is 13.4. The first kappa shape index (κ1) is 13.9. The second-order valence-corrected chi connectivity index (χ2v) is 7.21. The van der Waals surface area contributed by atoms with Crippen LogP contribution < -0.4 is 0 Å². The molecule has 114 valence electrons. The smallest absolute Gasteiger partial charge is 0.176 e. The molecule has 0 aliphatic heterocycles. The van der Waals surface area contributed by atoms with Gasteiger partial charge in [0.15, 0.2) is 16.8 Å². The van der Waals surface area contributed by atoms with E-state index in [-0.39, 0.29) is 11.2 Å². The summed E-state index contributed by atoms with van der Waals surface area (Å²) in [5, 5.41) is 13.1. The number of Topliss-reactive ketones (excluding diaryl/α,β-unsaturated/α-hetero) is 1. The molecule has 5 nitrogen and oxygen atoms in total. The number of nitrogens with zero attached hydrogens (tertiary/aromatic N) is 4. The van der Waals surface area contributed by atoms with Gasteiger partial charge in [0.1, 0.15) is 0 Å². The summed E-state index contributed by atoms with van der Waals surface area (Å²) >= 11 is 5.81. The van der Waals surface area contributed by atoms with Crippen molar-refractivity contribution < 1.29 is 4.79 Å². The van der Waals surface area contributed by atoms with Crippen LogP contribution in [0.5, 0.6) is 0 Å². The number of ketones is 1. The van der Waals surface area contributed by atoms with Gasteiger partial charge in [0.05, 0.1) is 17.0 Å². The molecule has 2 aliphatic rings. The quantitative estimate of drug-likeness (QED) is 0.852. The number of carbonyl (C=O) groups is 1. The number of hydrogen-bond donors (Lipinski definition) is 0. The summed E-state index contributed by atoms with van der Waals surface area (Å²) in [6, 6.07) is 3.49. The lowest BCUT2D eigenvalue weighted by atomic mass is 9.74. The minimum atomic E-state index is -0.309. The van der Waals surface area contributed by atoms with Crippen LogP contribution in [0.2, 0.25) is 5.15 Å². The number of fused-ring (bicyclic) bond motifs is 1. The Morgan fingerprint density at radius 2 is 2.05 bits per heavy atom. The van der Waals surface area contributed by atoms with Gasteiger partial charge in [0.2, 0.25) is 0 Å². The third-order valence-corrected chi connectivity index (χ3v) is 4.84. The van der Waals surface area contributed by atoms with Crippen LogP contribution >= 0.6 is 11.6 Å². The maximum Gasteiger partial charge on any atom is 0.176 e. The number of aromatic nitrogens is 4. The monoisotopic (exact) mass is 316 g/mol. The summed E-state index contributed by atoms with van der Waals surface area (Å²) in [7, 11) is 0. The van der Waals surface area contributed by atoms with Gasteiger partial charge in [-0.3, -0.25) is 4.79 Å². The van der Waals surface area contributed by atoms with Crippen molar-refractivity contribution in [2.24, 2.45) is 5.41 Å². The zero-order valence-electron chi connectivity index (χ0n) is 12.6. The maximum atomic E-state index is 12.9. The molecule has 0 bridgehead atoms. The van der Waals surface area contributed by atoms with E-state index < -0.39 is 0 Å². The molecule has 1 fully saturated rings. The number of carbonyl (C=O) groups excluding carboxylic acids is 1. The number of hydrogen-bond acceptors (Lipinski definition) is 4. The van der Waals surface area contributed by atoms with E-state index in [0.717, 1.165) is 42.6 Å². The average Bonchev–Trinajstić information content (AvgIpc) is 3.25. The van der Waals surface area contributed by atoms with Crippen LogP contribution in [0, 0.1) is 5.41 Å². The molecule has 4 rings (SSSR count). The molecule has 0 aromatic carbocycles. The highest BCUT2D eigenvalue weighted by molar-refractivity contribution is 6.29. The summed E-state index contributed by atoms with van der Waals surface area (Å²) < 4.78 is 1.79. The van der Waals surface area contributed by atoms with Gasteiger partial charge >= 0.3 is 0 Å². The molecular formula is C16H17ClN4O. The topological polar surface area (TPSA) is 60.7 Å². The Hall–Kier alpha value is -1.75. The molecular weight excluding hydrogens is 300 g/mol. The van der Waals surface area contributed by atoms with Crippen LogP contribution in [-0.2, 0) is 6.42 Å². The second-order valence-electron chi connectivity index (χ2n) is 6.82. The molecule has 2 aliphatic carbocycles. The minimum absolute atomic E-state index is 0.212. The lowest BCUT2D eigenvalue weighted by molar-refractivity contribution is 0.0809. The van der Waals surface area contributed by atoms with Crippen LogP contribution in [0.15, 0.2) is 12.1 Å². The van der Waals surface area contributed by atoms with Gasteiger partial charge < -0.3 is 0 Å². The molecule has 0 spiro atoms. The molecule has 22 heavy (non-hydrogen) atoms. The summed E-state index contributed by atoms with van der Waals surface area (Å²) in [4.78, 5) is 12.9. The summed E-state index contributed by atoms with van der Waals surface area (Å²) in [5.41, 5.74) is 2.44. The normalized spacial score (nSPS) is 20.0. The highest BCUT2D eigenvalue weighted by Crippen LogP contribution is 2.46. The third kappa shape index (κ3) is 2.07. The maximum absolute atomic E-state index is 12.9. The fourth-order valence-electron chi connectivity index (χ4n) is 3.09. The molecule has 2 heterocycles. The Balaban J connectivity index is 1.90. The van der Waals surface area contributed by atoms with Gasteiger partial charge in [0, 0.05) is 11.3 Å². The van der Waals surface area contributed by atoms with Gasteiger partial charge in [0.25, 0.3) is 0 Å². The molecule has 0 N–H and O–H groups in total. The number of halogens is 1. The first-order valence-corrected chi connectivity index (χ1v) is 8.01. The van der Waals surface area contributed by atoms with Crippen molar-refractivity contribution in [3.63, 3.8) is 0 Å². The first-order valence-electron chi connectivity index (χ1n) is 7.63. The molecule has 1 saturated carbocycles. The SMILES string of the molecule is CC1(C)CCc2c(c(C3CC3)nn2-c2ccc(Cl)nn2)C1=O. The van der Waals surface area contributed by atoms with Crippen LogP contribution in [-0.4, -0.2) is 25.8 Å². The van der Waals surface area contributed by atoms with Crippen molar-refractivity contribution in [2.45, 2.75) is 45.4 Å². The van der Waals surface area contributed by atoms with Crippen molar-refractivity contribution in [3.8, 4) is 5.82 Å². The molecule has 0 amide bonds. The van der Waals surface area contributed by atoms with E-state index in [1.54, 1.807) is 16.8 Å². The van der Waals surface area contributed by atoms with Gasteiger partial charge in [-0.1, -0.05) is 25.4 Å². The molecule has 0 radical (unpaired) electrons. The van der Waals surface area contributed by atoms with E-state index in [9.17, 15) is 4.79 Å². The number of rotatable bonds is 2. The fraction of sp³-hybridized carbons (Fsp3) is 0.500. The van der Waals surface area contributed by atoms with E-state index in [1.807, 2.05) is 13.8 Å². The van der Waals surface area contributed by atoms with E-state index in [2.05, 4.69) is 10.2 Å². The van der Waals surface area contributed by atoms with E-state index in [0.29, 0.717) is 16.9 Å². The standard InChI is InChI=1S/C16H17ClN4O/c1-16(2)8-7-10-13(15(16)22)14(9-3-4-9)20-21(10)12-6-5-11(17)18-19-12/h5-6,9H,3-4,7-8H2,1-2H3. The summed E-state index contributed by atoms with van der Waals surface area (Å²) in [6.45, 7) is 4.04. The molecule has 0 atom stereocenters. The van der Waals surface area contributed by atoms with Crippen LogP contribution in [0.1, 0.15) is 60.8 Å². The molecule has 2 aromatic rings. The van der Waals surface area contributed by atoms with Gasteiger partial charge in [-0.25, -0.2) is 4.68 Å². The minimum Gasteiger partial charge on any atom is -0.293 e. The van der Waals surface area contributed by atoms with Gasteiger partial charge in [-0.2, -0.15) is 5.10 Å².